The monoisotopic (exact) mass is 386 g/mol. The van der Waals surface area contributed by atoms with Crippen LogP contribution in [0.15, 0.2) is 0 Å². The van der Waals surface area contributed by atoms with Crippen molar-refractivity contribution in [3.05, 3.63) is 0 Å². The Kier molecular flexibility index (Phi) is 3.29. The van der Waals surface area contributed by atoms with Crippen LogP contribution < -0.4 is 0 Å². The molecule has 2 bridgehead atoms. The maximum Gasteiger partial charge on any atom is 0.331 e. The lowest BCUT2D eigenvalue weighted by Gasteiger charge is -2.69. The Morgan fingerprint density at radius 3 is 0.583 bits per heavy atom. The van der Waals surface area contributed by atoms with Crippen molar-refractivity contribution in [1.82, 2.24) is 0 Å². The fourth-order valence-corrected chi connectivity index (χ4v) is 3.39. The highest BCUT2D eigenvalue weighted by atomic mass is 19.4. The van der Waals surface area contributed by atoms with Crippen LogP contribution in [0.4, 0.5) is 52.7 Å². The summed E-state index contributed by atoms with van der Waals surface area (Å²) in [4.78, 5) is 0. The Morgan fingerprint density at radius 1 is 0.375 bits per heavy atom. The Hall–Kier alpha value is -0.920. The molecule has 3 aliphatic rings. The Morgan fingerprint density at radius 2 is 0.500 bits per heavy atom. The van der Waals surface area contributed by atoms with Gasteiger partial charge in [-0.05, 0) is 0 Å². The zero-order valence-electron chi connectivity index (χ0n) is 10.8. The molecule has 0 radical (unpaired) electrons. The predicted molar refractivity (Wildman–Crippen MR) is 48.7 cm³/mol. The summed E-state index contributed by atoms with van der Waals surface area (Å²) in [6.07, 6.45) is 0. The lowest BCUT2D eigenvalue weighted by molar-refractivity contribution is -0.585. The van der Waals surface area contributed by atoms with E-state index in [-0.39, 0.29) is 0 Å². The van der Waals surface area contributed by atoms with Crippen molar-refractivity contribution in [2.45, 2.75) is 35.5 Å². The second-order valence-electron chi connectivity index (χ2n) is 5.57. The van der Waals surface area contributed by atoms with Gasteiger partial charge in [-0.2, -0.15) is 52.7 Å². The van der Waals surface area contributed by atoms with Crippen molar-refractivity contribution in [2.24, 2.45) is 10.8 Å². The minimum Gasteiger partial charge on any atom is -0.395 e. The first-order valence-corrected chi connectivity index (χ1v) is 5.86. The molecule has 24 heavy (non-hydrogen) atoms. The molecule has 0 amide bonds. The first-order chi connectivity index (χ1) is 10.4. The molecule has 0 saturated heterocycles. The van der Waals surface area contributed by atoms with Crippen LogP contribution in [-0.2, 0) is 0 Å². The number of aliphatic hydroxyl groups is 2. The molecular formula is C10H6F12O2. The van der Waals surface area contributed by atoms with E-state index in [0.717, 1.165) is 0 Å². The van der Waals surface area contributed by atoms with Gasteiger partial charge in [-0.3, -0.25) is 0 Å². The number of aliphatic hydroxyl groups excluding tert-OH is 2. The maximum absolute atomic E-state index is 13.8. The minimum absolute atomic E-state index is 3.51. The van der Waals surface area contributed by atoms with Crippen LogP contribution in [0.25, 0.3) is 0 Å². The van der Waals surface area contributed by atoms with Gasteiger partial charge in [-0.25, -0.2) is 0 Å². The van der Waals surface area contributed by atoms with Crippen LogP contribution in [0.5, 0.6) is 0 Å². The van der Waals surface area contributed by atoms with Crippen molar-refractivity contribution in [3.8, 4) is 0 Å². The first kappa shape index (κ1) is 19.4. The van der Waals surface area contributed by atoms with Crippen LogP contribution in [0.2, 0.25) is 0 Å². The molecule has 0 unspecified atom stereocenters. The summed E-state index contributed by atoms with van der Waals surface area (Å²) in [6, 6.07) is 0. The molecule has 142 valence electrons. The quantitative estimate of drug-likeness (QED) is 0.717. The van der Waals surface area contributed by atoms with E-state index in [2.05, 4.69) is 0 Å². The summed E-state index contributed by atoms with van der Waals surface area (Å²) in [7, 11) is 0. The van der Waals surface area contributed by atoms with E-state index in [9.17, 15) is 52.7 Å². The van der Waals surface area contributed by atoms with Crippen molar-refractivity contribution >= 4 is 0 Å². The number of hydrogen-bond donors (Lipinski definition) is 2. The third-order valence-corrected chi connectivity index (χ3v) is 4.87. The molecule has 2 nitrogen and oxygen atoms in total. The SMILES string of the molecule is OCC12C(F)(F)C(F)(F)C(CO)(C(F)(F)C1(F)F)C(F)(F)C2(F)F. The third kappa shape index (κ3) is 1.15. The van der Waals surface area contributed by atoms with Crippen molar-refractivity contribution in [3.63, 3.8) is 0 Å². The van der Waals surface area contributed by atoms with Crippen molar-refractivity contribution < 1.29 is 62.9 Å². The van der Waals surface area contributed by atoms with Crippen LogP contribution in [0, 0.1) is 10.8 Å². The maximum atomic E-state index is 13.8. The number of alkyl halides is 12. The lowest BCUT2D eigenvalue weighted by atomic mass is 9.43. The molecule has 0 aromatic carbocycles. The highest BCUT2D eigenvalue weighted by Gasteiger charge is 3.13. The minimum atomic E-state index is -6.92. The Labute approximate surface area is 124 Å². The molecule has 0 spiro atoms. The smallest absolute Gasteiger partial charge is 0.331 e. The van der Waals surface area contributed by atoms with E-state index in [4.69, 9.17) is 10.2 Å². The summed E-state index contributed by atoms with van der Waals surface area (Å²) in [5, 5.41) is 17.0. The van der Waals surface area contributed by atoms with E-state index in [1.54, 1.807) is 0 Å². The molecule has 3 rings (SSSR count). The molecule has 0 aromatic heterocycles. The van der Waals surface area contributed by atoms with Crippen molar-refractivity contribution in [2.75, 3.05) is 13.2 Å². The van der Waals surface area contributed by atoms with Gasteiger partial charge in [0.15, 0.2) is 0 Å². The highest BCUT2D eigenvalue weighted by Crippen LogP contribution is 2.85. The van der Waals surface area contributed by atoms with E-state index >= 15 is 0 Å². The summed E-state index contributed by atoms with van der Waals surface area (Å²) >= 11 is 0. The zero-order chi connectivity index (χ0) is 19.4. The van der Waals surface area contributed by atoms with Gasteiger partial charge in [0.25, 0.3) is 0 Å². The second-order valence-corrected chi connectivity index (χ2v) is 5.57. The van der Waals surface area contributed by atoms with Gasteiger partial charge in [0.2, 0.25) is 10.8 Å². The van der Waals surface area contributed by atoms with Gasteiger partial charge >= 0.3 is 35.5 Å². The number of halogens is 12. The van der Waals surface area contributed by atoms with Gasteiger partial charge in [0, 0.05) is 0 Å². The summed E-state index contributed by atoms with van der Waals surface area (Å²) < 4.78 is 166. The molecule has 3 aliphatic carbocycles. The molecule has 2 N–H and O–H groups in total. The topological polar surface area (TPSA) is 40.5 Å². The Balaban J connectivity index is 3.18. The standard InChI is InChI=1S/C10H6F12O2/c11-5(12)3(1-23)6(13,14)9(19,20)4(2-24,8(5,17)18)10(21,22)7(3,15)16/h23-24H,1-2H2. The van der Waals surface area contributed by atoms with Gasteiger partial charge in [-0.1, -0.05) is 0 Å². The van der Waals surface area contributed by atoms with Crippen LogP contribution in [0.1, 0.15) is 0 Å². The average molecular weight is 386 g/mol. The summed E-state index contributed by atoms with van der Waals surface area (Å²) in [5.74, 6) is -41.5. The molecule has 3 saturated carbocycles. The molecule has 3 fully saturated rings. The summed E-state index contributed by atoms with van der Waals surface area (Å²) in [5.41, 5.74) is -13.0. The lowest BCUT2D eigenvalue weighted by Crippen LogP contribution is -2.97. The van der Waals surface area contributed by atoms with Crippen LogP contribution in [0.3, 0.4) is 0 Å². The van der Waals surface area contributed by atoms with Gasteiger partial charge in [0.05, 0.1) is 13.2 Å². The van der Waals surface area contributed by atoms with Crippen LogP contribution >= 0.6 is 0 Å². The normalized spacial score (nSPS) is 42.8. The number of rotatable bonds is 2. The second kappa shape index (κ2) is 4.07. The molecule has 0 aliphatic heterocycles. The van der Waals surface area contributed by atoms with Crippen LogP contribution in [-0.4, -0.2) is 59.0 Å². The van der Waals surface area contributed by atoms with Crippen molar-refractivity contribution in [1.29, 1.82) is 0 Å². The number of hydrogen-bond acceptors (Lipinski definition) is 2. The van der Waals surface area contributed by atoms with E-state index in [1.165, 1.54) is 0 Å². The van der Waals surface area contributed by atoms with E-state index < -0.39 is 59.6 Å². The molecule has 0 aromatic rings. The zero-order valence-corrected chi connectivity index (χ0v) is 10.8. The van der Waals surface area contributed by atoms with Gasteiger partial charge < -0.3 is 10.2 Å². The molecule has 14 heteroatoms. The number of fused-ring (bicyclic) bond motifs is 3. The summed E-state index contributed by atoms with van der Waals surface area (Å²) in [6.45, 7) is -7.02. The average Bonchev–Trinajstić information content (AvgIpc) is 2.36. The largest absolute Gasteiger partial charge is 0.395 e. The highest BCUT2D eigenvalue weighted by molar-refractivity contribution is 5.39. The van der Waals surface area contributed by atoms with E-state index in [0.29, 0.717) is 0 Å². The third-order valence-electron chi connectivity index (χ3n) is 4.87. The molecule has 0 heterocycles. The van der Waals surface area contributed by atoms with E-state index in [1.807, 2.05) is 0 Å². The van der Waals surface area contributed by atoms with Gasteiger partial charge in [0.1, 0.15) is 0 Å². The molecular weight excluding hydrogens is 380 g/mol. The predicted octanol–water partition coefficient (Wildman–Crippen LogP) is 2.78. The fourth-order valence-electron chi connectivity index (χ4n) is 3.39. The first-order valence-electron chi connectivity index (χ1n) is 5.86. The molecule has 0 atom stereocenters. The Bertz CT molecular complexity index is 446. The fraction of sp³-hybridized carbons (Fsp3) is 1.00. The van der Waals surface area contributed by atoms with Gasteiger partial charge in [-0.15, -0.1) is 0 Å².